The maximum Gasteiger partial charge on any atom is 0.266 e. The number of sulfonamides is 1. The molecule has 0 fully saturated rings. The Morgan fingerprint density at radius 3 is 2.54 bits per heavy atom. The highest BCUT2D eigenvalue weighted by molar-refractivity contribution is 9.10. The number of anilines is 1. The minimum atomic E-state index is -4.15. The number of rotatable bonds is 5. The monoisotopic (exact) mass is 451 g/mol. The van der Waals surface area contributed by atoms with Gasteiger partial charge in [-0.3, -0.25) is 14.5 Å². The number of hydrogen-bond donors (Lipinski definition) is 2. The Labute approximate surface area is 157 Å². The van der Waals surface area contributed by atoms with Gasteiger partial charge in [0.1, 0.15) is 11.4 Å². The second-order valence-corrected chi connectivity index (χ2v) is 8.22. The predicted molar refractivity (Wildman–Crippen MR) is 97.5 cm³/mol. The first-order chi connectivity index (χ1) is 11.3. The molecule has 2 rings (SSSR count). The third-order valence-corrected chi connectivity index (χ3v) is 5.99. The third-order valence-electron chi connectivity index (χ3n) is 3.01. The van der Waals surface area contributed by atoms with Gasteiger partial charge in [-0.2, -0.15) is 0 Å². The summed E-state index contributed by atoms with van der Waals surface area (Å²) in [6.07, 6.45) is 0. The quantitative estimate of drug-likeness (QED) is 0.414. The van der Waals surface area contributed by atoms with Crippen molar-refractivity contribution in [1.82, 2.24) is 5.43 Å². The van der Waals surface area contributed by atoms with Gasteiger partial charge in [0.2, 0.25) is 0 Å². The number of nitrogens with zero attached hydrogens (tertiary/aromatic N) is 1. The van der Waals surface area contributed by atoms with E-state index in [1.807, 2.05) is 5.43 Å². The molecule has 0 unspecified atom stereocenters. The van der Waals surface area contributed by atoms with Gasteiger partial charge in [-0.25, -0.2) is 14.3 Å². The van der Waals surface area contributed by atoms with E-state index in [1.54, 1.807) is 24.3 Å². The highest BCUT2D eigenvalue weighted by Crippen LogP contribution is 2.31. The average molecular weight is 453 g/mol. The van der Waals surface area contributed by atoms with Crippen LogP contribution in [0.2, 0.25) is 10.0 Å². The third kappa shape index (κ3) is 4.20. The number of carbonyl (C=O) groups excluding carboxylic acids is 1. The maximum absolute atomic E-state index is 13.0. The molecule has 3 N–H and O–H groups in total. The molecule has 0 heterocycles. The molecule has 24 heavy (non-hydrogen) atoms. The van der Waals surface area contributed by atoms with Crippen LogP contribution in [0.4, 0.5) is 5.69 Å². The fraction of sp³-hybridized carbons (Fsp3) is 0.0714. The van der Waals surface area contributed by atoms with Crippen molar-refractivity contribution in [2.24, 2.45) is 5.84 Å². The molecule has 0 aliphatic heterocycles. The SMILES string of the molecule is NNC(=O)CN(c1cccc(Br)c1)S(=O)(=O)c1cc(Cl)ccc1Cl. The summed E-state index contributed by atoms with van der Waals surface area (Å²) < 4.78 is 27.6. The van der Waals surface area contributed by atoms with E-state index in [4.69, 9.17) is 29.0 Å². The number of hydrazine groups is 1. The molecule has 0 radical (unpaired) electrons. The number of nitrogens with one attached hydrogen (secondary N) is 1. The lowest BCUT2D eigenvalue weighted by Gasteiger charge is -2.24. The molecule has 0 spiro atoms. The Kier molecular flexibility index (Phi) is 6.11. The number of carbonyl (C=O) groups is 1. The molecule has 2 aromatic rings. The Bertz CT molecular complexity index is 877. The zero-order chi connectivity index (χ0) is 17.9. The minimum absolute atomic E-state index is 0.00689. The first-order valence-electron chi connectivity index (χ1n) is 6.48. The predicted octanol–water partition coefficient (Wildman–Crippen LogP) is 2.94. The molecule has 6 nitrogen and oxygen atoms in total. The summed E-state index contributed by atoms with van der Waals surface area (Å²) in [7, 11) is -4.15. The highest BCUT2D eigenvalue weighted by atomic mass is 79.9. The van der Waals surface area contributed by atoms with Crippen LogP contribution < -0.4 is 15.6 Å². The summed E-state index contributed by atoms with van der Waals surface area (Å²) in [6, 6.07) is 10.5. The number of halogens is 3. The topological polar surface area (TPSA) is 92.5 Å². The van der Waals surface area contributed by atoms with E-state index in [1.165, 1.54) is 18.2 Å². The van der Waals surface area contributed by atoms with Crippen molar-refractivity contribution in [1.29, 1.82) is 0 Å². The van der Waals surface area contributed by atoms with Gasteiger partial charge in [0, 0.05) is 9.50 Å². The molecular formula is C14H12BrCl2N3O3S. The summed E-state index contributed by atoms with van der Waals surface area (Å²) in [4.78, 5) is 11.5. The van der Waals surface area contributed by atoms with Gasteiger partial charge in [-0.1, -0.05) is 45.2 Å². The largest absolute Gasteiger partial charge is 0.293 e. The van der Waals surface area contributed by atoms with E-state index < -0.39 is 22.5 Å². The lowest BCUT2D eigenvalue weighted by Crippen LogP contribution is -2.43. The van der Waals surface area contributed by atoms with E-state index in [0.29, 0.717) is 4.47 Å². The van der Waals surface area contributed by atoms with Crippen LogP contribution in [0.15, 0.2) is 51.8 Å². The van der Waals surface area contributed by atoms with Crippen molar-refractivity contribution in [3.8, 4) is 0 Å². The Balaban J connectivity index is 2.61. The summed E-state index contributed by atoms with van der Waals surface area (Å²) >= 11 is 15.2. The van der Waals surface area contributed by atoms with Crippen LogP contribution in [-0.4, -0.2) is 20.9 Å². The summed E-state index contributed by atoms with van der Waals surface area (Å²) in [5, 5.41) is 0.197. The van der Waals surface area contributed by atoms with E-state index in [-0.39, 0.29) is 20.6 Å². The first-order valence-corrected chi connectivity index (χ1v) is 9.47. The summed E-state index contributed by atoms with van der Waals surface area (Å²) in [5.74, 6) is 4.40. The summed E-state index contributed by atoms with van der Waals surface area (Å²) in [6.45, 7) is -0.516. The summed E-state index contributed by atoms with van der Waals surface area (Å²) in [5.41, 5.74) is 2.18. The van der Waals surface area contributed by atoms with E-state index >= 15 is 0 Å². The van der Waals surface area contributed by atoms with Gasteiger partial charge in [-0.05, 0) is 36.4 Å². The molecule has 2 aromatic carbocycles. The smallest absolute Gasteiger partial charge is 0.266 e. The second-order valence-electron chi connectivity index (χ2n) is 4.63. The van der Waals surface area contributed by atoms with Crippen LogP contribution in [0, 0.1) is 0 Å². The van der Waals surface area contributed by atoms with Gasteiger partial charge < -0.3 is 0 Å². The molecule has 128 valence electrons. The van der Waals surface area contributed by atoms with Crippen molar-refractivity contribution in [3.05, 3.63) is 57.0 Å². The van der Waals surface area contributed by atoms with Crippen molar-refractivity contribution in [3.63, 3.8) is 0 Å². The second kappa shape index (κ2) is 7.71. The highest BCUT2D eigenvalue weighted by Gasteiger charge is 2.29. The van der Waals surface area contributed by atoms with Crippen LogP contribution in [-0.2, 0) is 14.8 Å². The Morgan fingerprint density at radius 2 is 1.92 bits per heavy atom. The van der Waals surface area contributed by atoms with Crippen molar-refractivity contribution >= 4 is 60.7 Å². The number of benzene rings is 2. The molecule has 0 atom stereocenters. The van der Waals surface area contributed by atoms with Crippen molar-refractivity contribution in [2.75, 3.05) is 10.8 Å². The molecule has 0 aromatic heterocycles. The number of nitrogens with two attached hydrogens (primary N) is 1. The fourth-order valence-electron chi connectivity index (χ4n) is 1.92. The zero-order valence-electron chi connectivity index (χ0n) is 12.0. The minimum Gasteiger partial charge on any atom is -0.293 e. The van der Waals surface area contributed by atoms with Crippen LogP contribution in [0.5, 0.6) is 0 Å². The van der Waals surface area contributed by atoms with Gasteiger partial charge in [0.15, 0.2) is 0 Å². The van der Waals surface area contributed by atoms with Crippen molar-refractivity contribution < 1.29 is 13.2 Å². The number of hydrogen-bond acceptors (Lipinski definition) is 4. The van der Waals surface area contributed by atoms with E-state index in [0.717, 1.165) is 4.31 Å². The standard InChI is InChI=1S/C14H12BrCl2N3O3S/c15-9-2-1-3-11(6-9)20(8-14(21)19-18)24(22,23)13-7-10(16)4-5-12(13)17/h1-7H,8,18H2,(H,19,21). The van der Waals surface area contributed by atoms with Gasteiger partial charge in [0.25, 0.3) is 15.9 Å². The zero-order valence-corrected chi connectivity index (χ0v) is 16.0. The Hall–Kier alpha value is -1.32. The molecule has 0 saturated heterocycles. The van der Waals surface area contributed by atoms with Crippen LogP contribution >= 0.6 is 39.1 Å². The van der Waals surface area contributed by atoms with Gasteiger partial charge in [0.05, 0.1) is 10.7 Å². The molecule has 1 amide bonds. The van der Waals surface area contributed by atoms with Crippen molar-refractivity contribution in [2.45, 2.75) is 4.90 Å². The van der Waals surface area contributed by atoms with E-state index in [2.05, 4.69) is 15.9 Å². The molecule has 0 aliphatic carbocycles. The molecule has 10 heteroatoms. The van der Waals surface area contributed by atoms with Gasteiger partial charge >= 0.3 is 0 Å². The number of amides is 1. The molecule has 0 bridgehead atoms. The first kappa shape index (κ1) is 19.0. The lowest BCUT2D eigenvalue weighted by molar-refractivity contribution is -0.119. The maximum atomic E-state index is 13.0. The van der Waals surface area contributed by atoms with Crippen LogP contribution in [0.25, 0.3) is 0 Å². The van der Waals surface area contributed by atoms with Crippen LogP contribution in [0.1, 0.15) is 0 Å². The van der Waals surface area contributed by atoms with Crippen LogP contribution in [0.3, 0.4) is 0 Å². The normalized spacial score (nSPS) is 11.2. The molecule has 0 aliphatic rings. The Morgan fingerprint density at radius 1 is 1.21 bits per heavy atom. The average Bonchev–Trinajstić information content (AvgIpc) is 2.54. The lowest BCUT2D eigenvalue weighted by atomic mass is 10.3. The molecular weight excluding hydrogens is 441 g/mol. The molecule has 0 saturated carbocycles. The van der Waals surface area contributed by atoms with Gasteiger partial charge in [-0.15, -0.1) is 0 Å². The van der Waals surface area contributed by atoms with E-state index in [9.17, 15) is 13.2 Å². The fourth-order valence-corrected chi connectivity index (χ4v) is 4.46.